The molecule has 0 unspecified atom stereocenters. The predicted octanol–water partition coefficient (Wildman–Crippen LogP) is 4.55. The highest BCUT2D eigenvalue weighted by atomic mass is 35.5. The molecule has 0 atom stereocenters. The fourth-order valence-electron chi connectivity index (χ4n) is 3.43. The van der Waals surface area contributed by atoms with Crippen molar-refractivity contribution in [3.63, 3.8) is 0 Å². The molecule has 2 heterocycles. The van der Waals surface area contributed by atoms with Crippen LogP contribution in [0.15, 0.2) is 67.0 Å². The molecule has 0 aliphatic carbocycles. The monoisotopic (exact) mass is 377 g/mol. The van der Waals surface area contributed by atoms with Crippen molar-refractivity contribution in [1.29, 1.82) is 0 Å². The van der Waals surface area contributed by atoms with Gasteiger partial charge in [0.05, 0.1) is 11.9 Å². The molecule has 136 valence electrons. The molecular weight excluding hydrogens is 358 g/mol. The second-order valence-corrected chi connectivity index (χ2v) is 7.17. The van der Waals surface area contributed by atoms with E-state index >= 15 is 0 Å². The minimum absolute atomic E-state index is 0.145. The summed E-state index contributed by atoms with van der Waals surface area (Å²) >= 11 is 5.90. The highest BCUT2D eigenvalue weighted by molar-refractivity contribution is 6.30. The van der Waals surface area contributed by atoms with Crippen LogP contribution in [-0.4, -0.2) is 22.3 Å². The summed E-state index contributed by atoms with van der Waals surface area (Å²) in [7, 11) is 0. The van der Waals surface area contributed by atoms with Gasteiger partial charge < -0.3 is 5.32 Å². The van der Waals surface area contributed by atoms with Crippen LogP contribution in [0.2, 0.25) is 5.02 Å². The fraction of sp³-hybridized carbons (Fsp3) is 0.182. The molecule has 3 aromatic rings. The molecule has 4 nitrogen and oxygen atoms in total. The molecule has 4 rings (SSSR count). The van der Waals surface area contributed by atoms with E-state index in [4.69, 9.17) is 11.6 Å². The number of pyridine rings is 1. The lowest BCUT2D eigenvalue weighted by Crippen LogP contribution is -2.31. The van der Waals surface area contributed by atoms with E-state index < -0.39 is 0 Å². The highest BCUT2D eigenvalue weighted by Gasteiger charge is 2.20. The zero-order chi connectivity index (χ0) is 18.6. The molecule has 2 aromatic carbocycles. The summed E-state index contributed by atoms with van der Waals surface area (Å²) in [6, 6.07) is 17.4. The summed E-state index contributed by atoms with van der Waals surface area (Å²) in [6.07, 6.45) is 4.53. The van der Waals surface area contributed by atoms with E-state index in [2.05, 4.69) is 39.5 Å². The lowest BCUT2D eigenvalue weighted by Gasteiger charge is -2.29. The Morgan fingerprint density at radius 1 is 1.07 bits per heavy atom. The molecule has 0 bridgehead atoms. The standard InChI is InChI=1S/C22H20ClN3O/c23-19-8-6-17(7-9-19)22(27)25-21-13-24-12-18-15-26(11-10-20(18)21)14-16-4-2-1-3-5-16/h1-9,12-13H,10-11,14-15H2,(H,25,27). The van der Waals surface area contributed by atoms with Gasteiger partial charge in [-0.15, -0.1) is 0 Å². The Balaban J connectivity index is 1.48. The Kier molecular flexibility index (Phi) is 5.19. The van der Waals surface area contributed by atoms with Crippen LogP contribution in [-0.2, 0) is 19.5 Å². The zero-order valence-corrected chi connectivity index (χ0v) is 15.6. The fourth-order valence-corrected chi connectivity index (χ4v) is 3.56. The van der Waals surface area contributed by atoms with Gasteiger partial charge in [-0.2, -0.15) is 0 Å². The SMILES string of the molecule is O=C(Nc1cncc2c1CCN(Cc1ccccc1)C2)c1ccc(Cl)cc1. The Labute approximate surface area is 163 Å². The van der Waals surface area contributed by atoms with E-state index in [1.807, 2.05) is 12.3 Å². The summed E-state index contributed by atoms with van der Waals surface area (Å²) in [5.41, 5.74) is 5.04. The first kappa shape index (κ1) is 17.7. The maximum atomic E-state index is 12.5. The molecule has 0 spiro atoms. The highest BCUT2D eigenvalue weighted by Crippen LogP contribution is 2.26. The predicted molar refractivity (Wildman–Crippen MR) is 108 cm³/mol. The van der Waals surface area contributed by atoms with Crippen LogP contribution in [0, 0.1) is 0 Å². The van der Waals surface area contributed by atoms with Gasteiger partial charge in [-0.25, -0.2) is 0 Å². The number of nitrogens with zero attached hydrogens (tertiary/aromatic N) is 2. The second-order valence-electron chi connectivity index (χ2n) is 6.73. The van der Waals surface area contributed by atoms with Gasteiger partial charge in [-0.3, -0.25) is 14.7 Å². The van der Waals surface area contributed by atoms with Gasteiger partial charge in [0.25, 0.3) is 5.91 Å². The molecule has 0 radical (unpaired) electrons. The van der Waals surface area contributed by atoms with Gasteiger partial charge in [-0.05, 0) is 47.4 Å². The third kappa shape index (κ3) is 4.18. The van der Waals surface area contributed by atoms with Crippen LogP contribution in [0.1, 0.15) is 27.0 Å². The maximum absolute atomic E-state index is 12.5. The van der Waals surface area contributed by atoms with Gasteiger partial charge in [0.2, 0.25) is 0 Å². The second kappa shape index (κ2) is 7.91. The molecule has 1 aromatic heterocycles. The number of nitrogens with one attached hydrogen (secondary N) is 1. The number of hydrogen-bond donors (Lipinski definition) is 1. The van der Waals surface area contributed by atoms with Crippen molar-refractivity contribution in [2.45, 2.75) is 19.5 Å². The number of anilines is 1. The number of halogens is 1. The minimum Gasteiger partial charge on any atom is -0.320 e. The van der Waals surface area contributed by atoms with Gasteiger partial charge in [-0.1, -0.05) is 41.9 Å². The third-order valence-corrected chi connectivity index (χ3v) is 5.07. The van der Waals surface area contributed by atoms with Crippen molar-refractivity contribution in [2.75, 3.05) is 11.9 Å². The number of carbonyl (C=O) groups is 1. The number of benzene rings is 2. The van der Waals surface area contributed by atoms with Crippen LogP contribution in [0.3, 0.4) is 0 Å². The number of hydrogen-bond acceptors (Lipinski definition) is 3. The number of rotatable bonds is 4. The quantitative estimate of drug-likeness (QED) is 0.725. The summed E-state index contributed by atoms with van der Waals surface area (Å²) in [4.78, 5) is 19.3. The average Bonchev–Trinajstić information content (AvgIpc) is 2.69. The van der Waals surface area contributed by atoms with Crippen molar-refractivity contribution in [3.8, 4) is 0 Å². The molecule has 1 aliphatic rings. The Morgan fingerprint density at radius 2 is 1.85 bits per heavy atom. The van der Waals surface area contributed by atoms with E-state index in [9.17, 15) is 4.79 Å². The molecule has 5 heteroatoms. The first-order valence-electron chi connectivity index (χ1n) is 8.98. The number of aromatic nitrogens is 1. The average molecular weight is 378 g/mol. The first-order chi connectivity index (χ1) is 13.2. The lowest BCUT2D eigenvalue weighted by atomic mass is 9.99. The third-order valence-electron chi connectivity index (χ3n) is 4.82. The van der Waals surface area contributed by atoms with E-state index in [1.165, 1.54) is 16.7 Å². The van der Waals surface area contributed by atoms with Crippen molar-refractivity contribution in [2.24, 2.45) is 0 Å². The van der Waals surface area contributed by atoms with E-state index in [0.29, 0.717) is 10.6 Å². The van der Waals surface area contributed by atoms with Crippen molar-refractivity contribution >= 4 is 23.2 Å². The Morgan fingerprint density at radius 3 is 2.63 bits per heavy atom. The van der Waals surface area contributed by atoms with Crippen LogP contribution < -0.4 is 5.32 Å². The van der Waals surface area contributed by atoms with Gasteiger partial charge in [0.1, 0.15) is 0 Å². The molecule has 0 saturated heterocycles. The van der Waals surface area contributed by atoms with Crippen LogP contribution in [0.4, 0.5) is 5.69 Å². The van der Waals surface area contributed by atoms with Gasteiger partial charge in [0.15, 0.2) is 0 Å². The Hall–Kier alpha value is -2.69. The molecule has 1 amide bonds. The smallest absolute Gasteiger partial charge is 0.255 e. The minimum atomic E-state index is -0.145. The number of carbonyl (C=O) groups excluding carboxylic acids is 1. The van der Waals surface area contributed by atoms with Crippen molar-refractivity contribution in [1.82, 2.24) is 9.88 Å². The molecule has 0 saturated carbocycles. The normalized spacial score (nSPS) is 13.8. The van der Waals surface area contributed by atoms with Gasteiger partial charge in [0, 0.05) is 36.4 Å². The molecule has 1 aliphatic heterocycles. The Bertz CT molecular complexity index is 942. The van der Waals surface area contributed by atoms with Crippen LogP contribution >= 0.6 is 11.6 Å². The van der Waals surface area contributed by atoms with Crippen molar-refractivity contribution in [3.05, 3.63) is 94.3 Å². The molecular formula is C22H20ClN3O. The van der Waals surface area contributed by atoms with Crippen LogP contribution in [0.5, 0.6) is 0 Å². The van der Waals surface area contributed by atoms with Crippen LogP contribution in [0.25, 0.3) is 0 Å². The number of fused-ring (bicyclic) bond motifs is 1. The zero-order valence-electron chi connectivity index (χ0n) is 14.9. The summed E-state index contributed by atoms with van der Waals surface area (Å²) < 4.78 is 0. The van der Waals surface area contributed by atoms with E-state index in [1.54, 1.807) is 30.5 Å². The molecule has 1 N–H and O–H groups in total. The topological polar surface area (TPSA) is 45.2 Å². The van der Waals surface area contributed by atoms with E-state index in [-0.39, 0.29) is 5.91 Å². The maximum Gasteiger partial charge on any atom is 0.255 e. The first-order valence-corrected chi connectivity index (χ1v) is 9.36. The summed E-state index contributed by atoms with van der Waals surface area (Å²) in [5.74, 6) is -0.145. The van der Waals surface area contributed by atoms with Gasteiger partial charge >= 0.3 is 0 Å². The summed E-state index contributed by atoms with van der Waals surface area (Å²) in [6.45, 7) is 2.71. The van der Waals surface area contributed by atoms with Crippen molar-refractivity contribution < 1.29 is 4.79 Å². The summed E-state index contributed by atoms with van der Waals surface area (Å²) in [5, 5.41) is 3.62. The number of amides is 1. The molecule has 0 fully saturated rings. The molecule has 27 heavy (non-hydrogen) atoms. The largest absolute Gasteiger partial charge is 0.320 e. The van der Waals surface area contributed by atoms with E-state index in [0.717, 1.165) is 31.7 Å². The lowest BCUT2D eigenvalue weighted by molar-refractivity contribution is 0.102.